The Morgan fingerprint density at radius 1 is 1.41 bits per heavy atom. The van der Waals surface area contributed by atoms with Gasteiger partial charge in [0.25, 0.3) is 5.91 Å². The Morgan fingerprint density at radius 2 is 2.12 bits per heavy atom. The van der Waals surface area contributed by atoms with Gasteiger partial charge in [-0.05, 0) is 40.8 Å². The number of nitrogens with one attached hydrogen (secondary N) is 2. The van der Waals surface area contributed by atoms with Crippen molar-refractivity contribution in [2.24, 2.45) is 0 Å². The average molecular weight is 411 g/mol. The van der Waals surface area contributed by atoms with Gasteiger partial charge in [-0.1, -0.05) is 29.8 Å². The van der Waals surface area contributed by atoms with Crippen molar-refractivity contribution in [3.05, 3.63) is 31.8 Å². The van der Waals surface area contributed by atoms with Crippen LogP contribution in [-0.2, 0) is 0 Å². The highest BCUT2D eigenvalue weighted by Crippen LogP contribution is 2.18. The van der Waals surface area contributed by atoms with Crippen LogP contribution in [0.5, 0.6) is 0 Å². The summed E-state index contributed by atoms with van der Waals surface area (Å²) >= 11 is 5.54. The summed E-state index contributed by atoms with van der Waals surface area (Å²) < 4.78 is 1.88. The van der Waals surface area contributed by atoms with Gasteiger partial charge in [-0.2, -0.15) is 0 Å². The highest BCUT2D eigenvalue weighted by molar-refractivity contribution is 14.1. The summed E-state index contributed by atoms with van der Waals surface area (Å²) in [6, 6.07) is 6.13. The van der Waals surface area contributed by atoms with Crippen molar-refractivity contribution in [2.75, 3.05) is 13.1 Å². The molecule has 0 bridgehead atoms. The minimum atomic E-state index is -0.0266. The molecule has 0 saturated heterocycles. The van der Waals surface area contributed by atoms with Crippen molar-refractivity contribution in [1.82, 2.24) is 10.6 Å². The number of rotatable bonds is 5. The van der Waals surface area contributed by atoms with Crippen molar-refractivity contribution >= 4 is 44.4 Å². The molecule has 1 amide bonds. The van der Waals surface area contributed by atoms with Gasteiger partial charge in [-0.25, -0.2) is 0 Å². The van der Waals surface area contributed by atoms with E-state index in [-0.39, 0.29) is 5.91 Å². The Morgan fingerprint density at radius 3 is 2.76 bits per heavy atom. The largest absolute Gasteiger partial charge is 0.351 e. The van der Waals surface area contributed by atoms with E-state index in [2.05, 4.69) is 63.0 Å². The average Bonchev–Trinajstić information content (AvgIpc) is 2.27. The molecule has 1 rings (SSSR count). The smallest absolute Gasteiger partial charge is 0.252 e. The molecule has 1 aromatic carbocycles. The number of hydrogen-bond acceptors (Lipinski definition) is 2. The summed E-state index contributed by atoms with van der Waals surface area (Å²) in [6.07, 6.45) is 0. The standard InChI is InChI=1S/C12H16BrIN2O/c1-8(2)15-5-6-16-12(17)10-7-9(13)3-4-11(10)14/h3-4,7-8,15H,5-6H2,1-2H3,(H,16,17). The van der Waals surface area contributed by atoms with E-state index < -0.39 is 0 Å². The molecule has 94 valence electrons. The molecule has 0 radical (unpaired) electrons. The van der Waals surface area contributed by atoms with Gasteiger partial charge in [0.1, 0.15) is 0 Å². The van der Waals surface area contributed by atoms with E-state index in [1.807, 2.05) is 18.2 Å². The Labute approximate surface area is 124 Å². The van der Waals surface area contributed by atoms with Gasteiger partial charge >= 0.3 is 0 Å². The van der Waals surface area contributed by atoms with E-state index in [1.165, 1.54) is 0 Å². The summed E-state index contributed by atoms with van der Waals surface area (Å²) in [5.41, 5.74) is 0.713. The lowest BCUT2D eigenvalue weighted by molar-refractivity contribution is 0.0952. The second-order valence-electron chi connectivity index (χ2n) is 3.99. The first-order valence-corrected chi connectivity index (χ1v) is 7.34. The molecule has 1 aromatic rings. The first-order chi connectivity index (χ1) is 8.00. The van der Waals surface area contributed by atoms with Crippen LogP contribution < -0.4 is 10.6 Å². The van der Waals surface area contributed by atoms with Crippen molar-refractivity contribution in [2.45, 2.75) is 19.9 Å². The molecule has 0 aliphatic rings. The molecule has 0 aliphatic carbocycles. The number of carbonyl (C=O) groups excluding carboxylic acids is 1. The van der Waals surface area contributed by atoms with Crippen LogP contribution in [0.1, 0.15) is 24.2 Å². The van der Waals surface area contributed by atoms with Crippen molar-refractivity contribution in [3.63, 3.8) is 0 Å². The van der Waals surface area contributed by atoms with Gasteiger partial charge in [-0.3, -0.25) is 4.79 Å². The number of hydrogen-bond donors (Lipinski definition) is 2. The number of amides is 1. The Kier molecular flexibility index (Phi) is 6.43. The predicted octanol–water partition coefficient (Wildman–Crippen LogP) is 2.78. The highest BCUT2D eigenvalue weighted by Gasteiger charge is 2.09. The van der Waals surface area contributed by atoms with Gasteiger partial charge in [0.2, 0.25) is 0 Å². The molecule has 0 heterocycles. The molecule has 2 N–H and O–H groups in total. The van der Waals surface area contributed by atoms with Crippen LogP contribution in [0.2, 0.25) is 0 Å². The van der Waals surface area contributed by atoms with E-state index in [1.54, 1.807) is 0 Å². The first-order valence-electron chi connectivity index (χ1n) is 5.47. The fourth-order valence-electron chi connectivity index (χ4n) is 1.30. The summed E-state index contributed by atoms with van der Waals surface area (Å²) in [6.45, 7) is 5.59. The molecule has 3 nitrogen and oxygen atoms in total. The fraction of sp³-hybridized carbons (Fsp3) is 0.417. The van der Waals surface area contributed by atoms with E-state index in [4.69, 9.17) is 0 Å². The molecule has 5 heteroatoms. The lowest BCUT2D eigenvalue weighted by Gasteiger charge is -2.10. The minimum absolute atomic E-state index is 0.0266. The SMILES string of the molecule is CC(C)NCCNC(=O)c1cc(Br)ccc1I. The Hall–Kier alpha value is -0.140. The van der Waals surface area contributed by atoms with Crippen molar-refractivity contribution in [1.29, 1.82) is 0 Å². The molecule has 0 saturated carbocycles. The van der Waals surface area contributed by atoms with E-state index in [0.717, 1.165) is 14.6 Å². The number of benzene rings is 1. The van der Waals surface area contributed by atoms with Gasteiger partial charge in [0.05, 0.1) is 5.56 Å². The Balaban J connectivity index is 2.49. The maximum absolute atomic E-state index is 11.9. The summed E-state index contributed by atoms with van der Waals surface area (Å²) in [7, 11) is 0. The molecule has 0 atom stereocenters. The zero-order valence-corrected chi connectivity index (χ0v) is 13.6. The number of halogens is 2. The third-order valence-corrected chi connectivity index (χ3v) is 3.57. The highest BCUT2D eigenvalue weighted by atomic mass is 127. The van der Waals surface area contributed by atoms with Crippen LogP contribution in [-0.4, -0.2) is 25.0 Å². The number of carbonyl (C=O) groups is 1. The van der Waals surface area contributed by atoms with Crippen molar-refractivity contribution in [3.8, 4) is 0 Å². The minimum Gasteiger partial charge on any atom is -0.351 e. The van der Waals surface area contributed by atoms with Crippen LogP contribution >= 0.6 is 38.5 Å². The van der Waals surface area contributed by atoms with Crippen LogP contribution in [0.25, 0.3) is 0 Å². The zero-order valence-electron chi connectivity index (χ0n) is 9.89. The monoisotopic (exact) mass is 410 g/mol. The van der Waals surface area contributed by atoms with E-state index in [0.29, 0.717) is 18.2 Å². The van der Waals surface area contributed by atoms with Crippen molar-refractivity contribution < 1.29 is 4.79 Å². The van der Waals surface area contributed by atoms with Gasteiger partial charge < -0.3 is 10.6 Å². The normalized spacial score (nSPS) is 10.6. The maximum Gasteiger partial charge on any atom is 0.252 e. The quantitative estimate of drug-likeness (QED) is 0.578. The van der Waals surface area contributed by atoms with Gasteiger partial charge in [-0.15, -0.1) is 0 Å². The molecule has 0 aliphatic heterocycles. The molecule has 0 aromatic heterocycles. The molecular formula is C12H16BrIN2O. The third kappa shape index (κ3) is 5.35. The maximum atomic E-state index is 11.9. The van der Waals surface area contributed by atoms with Crippen LogP contribution in [0.3, 0.4) is 0 Å². The topological polar surface area (TPSA) is 41.1 Å². The van der Waals surface area contributed by atoms with Gasteiger partial charge in [0.15, 0.2) is 0 Å². The molecule has 0 spiro atoms. The molecule has 0 unspecified atom stereocenters. The first kappa shape index (κ1) is 14.9. The van der Waals surface area contributed by atoms with Crippen LogP contribution in [0.4, 0.5) is 0 Å². The summed E-state index contributed by atoms with van der Waals surface area (Å²) in [5.74, 6) is -0.0266. The van der Waals surface area contributed by atoms with E-state index in [9.17, 15) is 4.79 Å². The predicted molar refractivity (Wildman–Crippen MR) is 82.3 cm³/mol. The summed E-state index contributed by atoms with van der Waals surface area (Å²) in [5, 5.41) is 6.15. The van der Waals surface area contributed by atoms with Crippen LogP contribution in [0, 0.1) is 3.57 Å². The zero-order chi connectivity index (χ0) is 12.8. The van der Waals surface area contributed by atoms with Crippen LogP contribution in [0.15, 0.2) is 22.7 Å². The Bertz CT molecular complexity index is 396. The lowest BCUT2D eigenvalue weighted by atomic mass is 10.2. The molecular weight excluding hydrogens is 395 g/mol. The lowest BCUT2D eigenvalue weighted by Crippen LogP contribution is -2.34. The summed E-state index contributed by atoms with van der Waals surface area (Å²) in [4.78, 5) is 11.9. The van der Waals surface area contributed by atoms with Gasteiger partial charge in [0, 0.05) is 27.2 Å². The third-order valence-electron chi connectivity index (χ3n) is 2.14. The van der Waals surface area contributed by atoms with E-state index >= 15 is 0 Å². The molecule has 0 fully saturated rings. The second-order valence-corrected chi connectivity index (χ2v) is 6.07. The molecule has 17 heavy (non-hydrogen) atoms. The second kappa shape index (κ2) is 7.33. The fourth-order valence-corrected chi connectivity index (χ4v) is 2.25.